The minimum atomic E-state index is -0.402. The van der Waals surface area contributed by atoms with Gasteiger partial charge in [0.25, 0.3) is 0 Å². The summed E-state index contributed by atoms with van der Waals surface area (Å²) in [6, 6.07) is 11.3. The number of benzene rings is 1. The van der Waals surface area contributed by atoms with E-state index in [4.69, 9.17) is 4.74 Å². The quantitative estimate of drug-likeness (QED) is 0.884. The van der Waals surface area contributed by atoms with Crippen molar-refractivity contribution in [3.05, 3.63) is 53.9 Å². The Morgan fingerprint density at radius 1 is 1.25 bits per heavy atom. The average Bonchev–Trinajstić information content (AvgIpc) is 2.69. The molecule has 6 nitrogen and oxygen atoms in total. The van der Waals surface area contributed by atoms with Crippen molar-refractivity contribution in [2.45, 2.75) is 38.2 Å². The molecule has 6 heteroatoms. The molecule has 0 aliphatic carbocycles. The number of carbonyl (C=O) groups excluding carboxylic acids is 2. The fourth-order valence-electron chi connectivity index (χ4n) is 4.06. The summed E-state index contributed by atoms with van der Waals surface area (Å²) in [6.07, 6.45) is 4.85. The Kier molecular flexibility index (Phi) is 5.13. The average molecular weight is 379 g/mol. The topological polar surface area (TPSA) is 71.5 Å². The Morgan fingerprint density at radius 3 is 2.79 bits per heavy atom. The molecule has 0 unspecified atom stereocenters. The van der Waals surface area contributed by atoms with Gasteiger partial charge in [-0.2, -0.15) is 0 Å². The predicted molar refractivity (Wildman–Crippen MR) is 107 cm³/mol. The Labute approximate surface area is 164 Å². The number of rotatable bonds is 4. The van der Waals surface area contributed by atoms with Gasteiger partial charge in [0.2, 0.25) is 5.91 Å². The second-order valence-corrected chi connectivity index (χ2v) is 7.69. The van der Waals surface area contributed by atoms with Crippen LogP contribution in [-0.4, -0.2) is 46.8 Å². The molecule has 1 aromatic carbocycles. The lowest BCUT2D eigenvalue weighted by Crippen LogP contribution is -2.51. The van der Waals surface area contributed by atoms with E-state index in [1.54, 1.807) is 18.2 Å². The van der Waals surface area contributed by atoms with Crippen LogP contribution in [-0.2, 0) is 11.2 Å². The highest BCUT2D eigenvalue weighted by atomic mass is 16.5. The number of hydrogen-bond acceptors (Lipinski definition) is 5. The number of Topliss-reactive ketones (excluding diaryl/α,β-unsaturated/α-hetero) is 1. The van der Waals surface area contributed by atoms with Crippen molar-refractivity contribution in [2.75, 3.05) is 25.0 Å². The van der Waals surface area contributed by atoms with Crippen LogP contribution in [0.4, 0.5) is 5.69 Å². The second kappa shape index (κ2) is 7.72. The number of nitrogens with zero attached hydrogens (tertiary/aromatic N) is 2. The van der Waals surface area contributed by atoms with Crippen molar-refractivity contribution in [2.24, 2.45) is 0 Å². The number of fused-ring (bicyclic) bond motifs is 1. The van der Waals surface area contributed by atoms with E-state index in [0.717, 1.165) is 44.6 Å². The number of piperidine rings is 1. The monoisotopic (exact) mass is 379 g/mol. The van der Waals surface area contributed by atoms with Crippen LogP contribution >= 0.6 is 0 Å². The molecule has 0 atom stereocenters. The highest BCUT2D eigenvalue weighted by Crippen LogP contribution is 2.40. The molecule has 1 aromatic heterocycles. The van der Waals surface area contributed by atoms with Crippen LogP contribution < -0.4 is 10.1 Å². The maximum Gasteiger partial charge on any atom is 0.221 e. The molecule has 1 spiro atoms. The summed E-state index contributed by atoms with van der Waals surface area (Å²) in [7, 11) is 0. The van der Waals surface area contributed by atoms with Gasteiger partial charge in [-0.25, -0.2) is 0 Å². The summed E-state index contributed by atoms with van der Waals surface area (Å²) in [6.45, 7) is 4.25. The van der Waals surface area contributed by atoms with Crippen molar-refractivity contribution in [3.63, 3.8) is 0 Å². The van der Waals surface area contributed by atoms with E-state index in [0.29, 0.717) is 23.4 Å². The minimum Gasteiger partial charge on any atom is -0.486 e. The molecule has 0 radical (unpaired) electrons. The first-order valence-corrected chi connectivity index (χ1v) is 9.79. The van der Waals surface area contributed by atoms with Crippen LogP contribution in [0.15, 0.2) is 42.6 Å². The molecular formula is C22H25N3O3. The lowest BCUT2D eigenvalue weighted by molar-refractivity contribution is -0.114. The lowest BCUT2D eigenvalue weighted by Gasteiger charge is -2.44. The van der Waals surface area contributed by atoms with Crippen molar-refractivity contribution in [1.29, 1.82) is 0 Å². The fraction of sp³-hybridized carbons (Fsp3) is 0.409. The van der Waals surface area contributed by atoms with Crippen LogP contribution in [0, 0.1) is 0 Å². The number of aromatic nitrogens is 1. The predicted octanol–water partition coefficient (Wildman–Crippen LogP) is 3.08. The van der Waals surface area contributed by atoms with Crippen LogP contribution in [0.3, 0.4) is 0 Å². The summed E-state index contributed by atoms with van der Waals surface area (Å²) in [5, 5.41) is 2.72. The Balaban J connectivity index is 1.38. The molecule has 1 fully saturated rings. The van der Waals surface area contributed by atoms with Gasteiger partial charge >= 0.3 is 0 Å². The van der Waals surface area contributed by atoms with Crippen molar-refractivity contribution in [1.82, 2.24) is 9.88 Å². The fourth-order valence-corrected chi connectivity index (χ4v) is 4.06. The molecule has 1 N–H and O–H groups in total. The highest BCUT2D eigenvalue weighted by molar-refractivity contribution is 6.02. The highest BCUT2D eigenvalue weighted by Gasteiger charge is 2.42. The van der Waals surface area contributed by atoms with E-state index in [1.165, 1.54) is 6.92 Å². The van der Waals surface area contributed by atoms with E-state index in [1.807, 2.05) is 18.3 Å². The second-order valence-electron chi connectivity index (χ2n) is 7.69. The molecule has 4 rings (SSSR count). The van der Waals surface area contributed by atoms with Gasteiger partial charge in [-0.1, -0.05) is 6.07 Å². The lowest BCUT2D eigenvalue weighted by atomic mass is 9.82. The van der Waals surface area contributed by atoms with Gasteiger partial charge in [0.1, 0.15) is 11.4 Å². The van der Waals surface area contributed by atoms with E-state index >= 15 is 0 Å². The van der Waals surface area contributed by atoms with Gasteiger partial charge in [-0.15, -0.1) is 0 Å². The molecule has 2 aliphatic heterocycles. The number of ether oxygens (including phenoxy) is 1. The largest absolute Gasteiger partial charge is 0.486 e. The zero-order valence-electron chi connectivity index (χ0n) is 16.1. The molecule has 2 aromatic rings. The van der Waals surface area contributed by atoms with Gasteiger partial charge in [0.05, 0.1) is 12.0 Å². The molecule has 28 heavy (non-hydrogen) atoms. The number of pyridine rings is 1. The molecule has 2 aliphatic rings. The van der Waals surface area contributed by atoms with Crippen LogP contribution in [0.25, 0.3) is 0 Å². The van der Waals surface area contributed by atoms with Gasteiger partial charge in [0, 0.05) is 63.4 Å². The normalized spacial score (nSPS) is 18.4. The number of anilines is 1. The van der Waals surface area contributed by atoms with E-state index in [9.17, 15) is 9.59 Å². The summed E-state index contributed by atoms with van der Waals surface area (Å²) >= 11 is 0. The summed E-state index contributed by atoms with van der Waals surface area (Å²) < 4.78 is 6.33. The van der Waals surface area contributed by atoms with E-state index < -0.39 is 5.60 Å². The first-order chi connectivity index (χ1) is 13.5. The summed E-state index contributed by atoms with van der Waals surface area (Å²) in [5.74, 6) is 0.571. The number of carbonyl (C=O) groups is 2. The molecular weight excluding hydrogens is 354 g/mol. The van der Waals surface area contributed by atoms with Gasteiger partial charge in [-0.3, -0.25) is 14.6 Å². The maximum atomic E-state index is 12.8. The molecule has 1 amide bonds. The third-order valence-corrected chi connectivity index (χ3v) is 5.59. The number of amides is 1. The first-order valence-electron chi connectivity index (χ1n) is 9.79. The molecule has 0 saturated carbocycles. The van der Waals surface area contributed by atoms with Gasteiger partial charge in [0.15, 0.2) is 5.78 Å². The number of likely N-dealkylation sites (tertiary alicyclic amines) is 1. The zero-order valence-corrected chi connectivity index (χ0v) is 16.1. The van der Waals surface area contributed by atoms with Crippen LogP contribution in [0.5, 0.6) is 5.75 Å². The Hall–Kier alpha value is -2.73. The number of ketones is 1. The van der Waals surface area contributed by atoms with Crippen LogP contribution in [0.2, 0.25) is 0 Å². The van der Waals surface area contributed by atoms with Gasteiger partial charge < -0.3 is 15.0 Å². The summed E-state index contributed by atoms with van der Waals surface area (Å²) in [5.41, 5.74) is 1.90. The first kappa shape index (κ1) is 18.6. The maximum absolute atomic E-state index is 12.8. The van der Waals surface area contributed by atoms with Crippen LogP contribution in [0.1, 0.15) is 42.2 Å². The molecule has 3 heterocycles. The van der Waals surface area contributed by atoms with Crippen molar-refractivity contribution in [3.8, 4) is 5.75 Å². The smallest absolute Gasteiger partial charge is 0.221 e. The standard InChI is InChI=1S/C22H25N3O3/c1-16(26)24-18-5-6-21-19(14-18)20(27)15-22(28-21)8-12-25(13-9-22)11-7-17-4-2-3-10-23-17/h2-6,10,14H,7-9,11-13,15H2,1H3,(H,24,26). The third-order valence-electron chi connectivity index (χ3n) is 5.59. The number of hydrogen-bond donors (Lipinski definition) is 1. The Bertz CT molecular complexity index is 874. The van der Waals surface area contributed by atoms with Gasteiger partial charge in [-0.05, 0) is 30.3 Å². The SMILES string of the molecule is CC(=O)Nc1ccc2c(c1)C(=O)CC1(CCN(CCc3ccccn3)CC1)O2. The Morgan fingerprint density at radius 2 is 2.07 bits per heavy atom. The molecule has 146 valence electrons. The molecule has 0 bridgehead atoms. The third kappa shape index (κ3) is 4.07. The summed E-state index contributed by atoms with van der Waals surface area (Å²) in [4.78, 5) is 30.8. The van der Waals surface area contributed by atoms with Crippen molar-refractivity contribution >= 4 is 17.4 Å². The minimum absolute atomic E-state index is 0.0930. The van der Waals surface area contributed by atoms with E-state index in [-0.39, 0.29) is 11.7 Å². The van der Waals surface area contributed by atoms with Crippen molar-refractivity contribution < 1.29 is 14.3 Å². The number of nitrogens with one attached hydrogen (secondary N) is 1. The zero-order chi connectivity index (χ0) is 19.6. The van der Waals surface area contributed by atoms with E-state index in [2.05, 4.69) is 21.3 Å². The molecule has 1 saturated heterocycles.